The second-order valence-electron chi connectivity index (χ2n) is 4.41. The second-order valence-corrected chi connectivity index (χ2v) is 5.99. The summed E-state index contributed by atoms with van der Waals surface area (Å²) in [6.07, 6.45) is 1.39. The van der Waals surface area contributed by atoms with E-state index in [0.717, 1.165) is 10.6 Å². The Labute approximate surface area is 138 Å². The van der Waals surface area contributed by atoms with Crippen molar-refractivity contribution in [1.82, 2.24) is 4.98 Å². The van der Waals surface area contributed by atoms with E-state index in [9.17, 15) is 4.79 Å². The molecule has 7 heteroatoms. The molecule has 1 aromatic carbocycles. The number of aromatic nitrogens is 1. The summed E-state index contributed by atoms with van der Waals surface area (Å²) in [5.41, 5.74) is 6.58. The molecule has 1 aromatic heterocycles. The average molecular weight is 338 g/mol. The molecule has 0 aliphatic carbocycles. The van der Waals surface area contributed by atoms with Crippen LogP contribution in [0.2, 0.25) is 5.02 Å². The minimum atomic E-state index is -0.283. The Morgan fingerprint density at radius 1 is 1.41 bits per heavy atom. The number of pyridine rings is 1. The number of carbonyl (C=O) groups excluding carboxylic acids is 1. The molecule has 0 saturated heterocycles. The number of anilines is 2. The molecule has 0 saturated carbocycles. The summed E-state index contributed by atoms with van der Waals surface area (Å²) in [4.78, 5) is 17.1. The first-order chi connectivity index (χ1) is 10.6. The van der Waals surface area contributed by atoms with Crippen LogP contribution in [0.15, 0.2) is 41.4 Å². The predicted molar refractivity (Wildman–Crippen MR) is 90.7 cm³/mol. The average Bonchev–Trinajstić information content (AvgIpc) is 2.52. The Hall–Kier alpha value is -1.76. The van der Waals surface area contributed by atoms with E-state index < -0.39 is 0 Å². The molecule has 3 N–H and O–H groups in total. The maximum atomic E-state index is 12.1. The molecule has 2 aromatic rings. The van der Waals surface area contributed by atoms with E-state index in [0.29, 0.717) is 17.9 Å². The fraction of sp³-hybridized carbons (Fsp3) is 0.200. The van der Waals surface area contributed by atoms with Crippen molar-refractivity contribution in [2.75, 3.05) is 30.5 Å². The third-order valence-corrected chi connectivity index (χ3v) is 4.08. The minimum absolute atomic E-state index is 0.204. The quantitative estimate of drug-likeness (QED) is 0.624. The number of thioether (sulfide) groups is 1. The predicted octanol–water partition coefficient (Wildman–Crippen LogP) is 3.31. The van der Waals surface area contributed by atoms with Crippen LogP contribution in [-0.2, 0) is 4.74 Å². The van der Waals surface area contributed by atoms with Gasteiger partial charge < -0.3 is 15.8 Å². The fourth-order valence-electron chi connectivity index (χ4n) is 1.65. The highest BCUT2D eigenvalue weighted by molar-refractivity contribution is 7.99. The van der Waals surface area contributed by atoms with Gasteiger partial charge in [0.1, 0.15) is 5.82 Å². The van der Waals surface area contributed by atoms with Gasteiger partial charge in [-0.3, -0.25) is 4.79 Å². The van der Waals surface area contributed by atoms with Crippen LogP contribution < -0.4 is 11.1 Å². The summed E-state index contributed by atoms with van der Waals surface area (Å²) in [5, 5.41) is 3.05. The van der Waals surface area contributed by atoms with Crippen LogP contribution >= 0.6 is 23.4 Å². The van der Waals surface area contributed by atoms with Crippen molar-refractivity contribution in [3.63, 3.8) is 0 Å². The topological polar surface area (TPSA) is 77.2 Å². The van der Waals surface area contributed by atoms with Crippen molar-refractivity contribution in [2.45, 2.75) is 4.90 Å². The highest BCUT2D eigenvalue weighted by Crippen LogP contribution is 2.21. The number of benzene rings is 1. The molecule has 0 fully saturated rings. The summed E-state index contributed by atoms with van der Waals surface area (Å²) in [6, 6.07) is 9.08. The van der Waals surface area contributed by atoms with Crippen LogP contribution in [-0.4, -0.2) is 30.4 Å². The Kier molecular flexibility index (Phi) is 6.06. The first-order valence-corrected chi connectivity index (χ1v) is 7.90. The van der Waals surface area contributed by atoms with Crippen LogP contribution in [0.3, 0.4) is 0 Å². The summed E-state index contributed by atoms with van der Waals surface area (Å²) in [6.45, 7) is 0.702. The van der Waals surface area contributed by atoms with E-state index in [-0.39, 0.29) is 16.7 Å². The molecule has 0 radical (unpaired) electrons. The van der Waals surface area contributed by atoms with Gasteiger partial charge in [0.05, 0.1) is 17.2 Å². The SMILES string of the molecule is COCCSc1ccc(NC(=O)c2cnc(N)c(Cl)c2)cc1. The van der Waals surface area contributed by atoms with E-state index in [2.05, 4.69) is 10.3 Å². The van der Waals surface area contributed by atoms with Crippen molar-refractivity contribution in [2.24, 2.45) is 0 Å². The molecule has 0 aliphatic heterocycles. The molecule has 5 nitrogen and oxygen atoms in total. The molecule has 1 amide bonds. The van der Waals surface area contributed by atoms with Gasteiger partial charge in [-0.05, 0) is 30.3 Å². The van der Waals surface area contributed by atoms with Gasteiger partial charge in [0.2, 0.25) is 0 Å². The highest BCUT2D eigenvalue weighted by atomic mass is 35.5. The summed E-state index contributed by atoms with van der Waals surface area (Å²) < 4.78 is 5.00. The number of amides is 1. The number of nitrogens with two attached hydrogens (primary N) is 1. The van der Waals surface area contributed by atoms with Gasteiger partial charge in [0.25, 0.3) is 5.91 Å². The number of hydrogen-bond acceptors (Lipinski definition) is 5. The third-order valence-electron chi connectivity index (χ3n) is 2.80. The molecular formula is C15H16ClN3O2S. The molecule has 1 heterocycles. The van der Waals surface area contributed by atoms with Crippen LogP contribution in [0.4, 0.5) is 11.5 Å². The van der Waals surface area contributed by atoms with E-state index in [1.807, 2.05) is 24.3 Å². The first kappa shape index (κ1) is 16.6. The zero-order valence-corrected chi connectivity index (χ0v) is 13.6. The Morgan fingerprint density at radius 2 is 2.14 bits per heavy atom. The molecule has 2 rings (SSSR count). The lowest BCUT2D eigenvalue weighted by molar-refractivity contribution is 0.102. The van der Waals surface area contributed by atoms with Gasteiger partial charge >= 0.3 is 0 Å². The van der Waals surface area contributed by atoms with E-state index >= 15 is 0 Å². The molecule has 22 heavy (non-hydrogen) atoms. The fourth-order valence-corrected chi connectivity index (χ4v) is 2.63. The first-order valence-electron chi connectivity index (χ1n) is 6.54. The van der Waals surface area contributed by atoms with Crippen molar-refractivity contribution in [3.05, 3.63) is 47.1 Å². The molecule has 0 spiro atoms. The number of carbonyl (C=O) groups is 1. The zero-order chi connectivity index (χ0) is 15.9. The monoisotopic (exact) mass is 337 g/mol. The van der Waals surface area contributed by atoms with Crippen LogP contribution in [0, 0.1) is 0 Å². The van der Waals surface area contributed by atoms with E-state index in [4.69, 9.17) is 22.1 Å². The van der Waals surface area contributed by atoms with Gasteiger partial charge in [0.15, 0.2) is 0 Å². The van der Waals surface area contributed by atoms with E-state index in [1.165, 1.54) is 12.3 Å². The summed E-state index contributed by atoms with van der Waals surface area (Å²) in [5.74, 6) is 0.808. The summed E-state index contributed by atoms with van der Waals surface area (Å²) in [7, 11) is 1.68. The standard InChI is InChI=1S/C15H16ClN3O2S/c1-21-6-7-22-12-4-2-11(3-5-12)19-15(20)10-8-13(16)14(17)18-9-10/h2-5,8-9H,6-7H2,1H3,(H2,17,18)(H,19,20). The minimum Gasteiger partial charge on any atom is -0.384 e. The Bertz CT molecular complexity index is 650. The van der Waals surface area contributed by atoms with Crippen LogP contribution in [0.25, 0.3) is 0 Å². The number of methoxy groups -OCH3 is 1. The van der Waals surface area contributed by atoms with Crippen molar-refractivity contribution >= 4 is 40.8 Å². The molecule has 0 bridgehead atoms. The van der Waals surface area contributed by atoms with Crippen LogP contribution in [0.1, 0.15) is 10.4 Å². The van der Waals surface area contributed by atoms with Crippen molar-refractivity contribution < 1.29 is 9.53 Å². The number of halogens is 1. The highest BCUT2D eigenvalue weighted by Gasteiger charge is 2.09. The van der Waals surface area contributed by atoms with Crippen molar-refractivity contribution in [1.29, 1.82) is 0 Å². The van der Waals surface area contributed by atoms with Gasteiger partial charge in [-0.15, -0.1) is 11.8 Å². The number of rotatable bonds is 6. The van der Waals surface area contributed by atoms with Gasteiger partial charge in [-0.2, -0.15) is 0 Å². The summed E-state index contributed by atoms with van der Waals surface area (Å²) >= 11 is 7.56. The largest absolute Gasteiger partial charge is 0.384 e. The number of nitrogen functional groups attached to an aromatic ring is 1. The maximum Gasteiger partial charge on any atom is 0.257 e. The molecule has 116 valence electrons. The lowest BCUT2D eigenvalue weighted by Crippen LogP contribution is -2.12. The molecule has 0 atom stereocenters. The normalized spacial score (nSPS) is 10.5. The molecular weight excluding hydrogens is 322 g/mol. The Morgan fingerprint density at radius 3 is 2.77 bits per heavy atom. The van der Waals surface area contributed by atoms with Gasteiger partial charge in [0, 0.05) is 29.6 Å². The lowest BCUT2D eigenvalue weighted by atomic mass is 10.2. The smallest absolute Gasteiger partial charge is 0.257 e. The number of hydrogen-bond donors (Lipinski definition) is 2. The van der Waals surface area contributed by atoms with E-state index in [1.54, 1.807) is 18.9 Å². The second kappa shape index (κ2) is 8.03. The zero-order valence-electron chi connectivity index (χ0n) is 12.0. The number of nitrogens with one attached hydrogen (secondary N) is 1. The van der Waals surface area contributed by atoms with Gasteiger partial charge in [-0.25, -0.2) is 4.98 Å². The number of nitrogens with zero attached hydrogens (tertiary/aromatic N) is 1. The maximum absolute atomic E-state index is 12.1. The third kappa shape index (κ3) is 4.62. The van der Waals surface area contributed by atoms with Gasteiger partial charge in [-0.1, -0.05) is 11.6 Å². The Balaban J connectivity index is 1.97. The van der Waals surface area contributed by atoms with Crippen molar-refractivity contribution in [3.8, 4) is 0 Å². The van der Waals surface area contributed by atoms with Crippen LogP contribution in [0.5, 0.6) is 0 Å². The molecule has 0 unspecified atom stereocenters. The lowest BCUT2D eigenvalue weighted by Gasteiger charge is -2.07. The number of ether oxygens (including phenoxy) is 1. The molecule has 0 aliphatic rings.